The summed E-state index contributed by atoms with van der Waals surface area (Å²) in [6.07, 6.45) is 1.14. The molecule has 0 spiro atoms. The second kappa shape index (κ2) is 5.11. The van der Waals surface area contributed by atoms with Crippen LogP contribution in [0.5, 0.6) is 0 Å². The fourth-order valence-electron chi connectivity index (χ4n) is 4.99. The van der Waals surface area contributed by atoms with E-state index < -0.39 is 23.7 Å². The number of hydrogen-bond donors (Lipinski definition) is 1. The van der Waals surface area contributed by atoms with Gasteiger partial charge in [0.05, 0.1) is 0 Å². The van der Waals surface area contributed by atoms with Gasteiger partial charge in [0.15, 0.2) is 5.60 Å². The summed E-state index contributed by atoms with van der Waals surface area (Å²) < 4.78 is 41.5. The van der Waals surface area contributed by atoms with Gasteiger partial charge in [0.25, 0.3) is 5.91 Å². The maximum atomic E-state index is 12.5. The Bertz CT molecular complexity index is 492. The fourth-order valence-corrected chi connectivity index (χ4v) is 4.99. The first-order chi connectivity index (χ1) is 10.5. The highest BCUT2D eigenvalue weighted by molar-refractivity contribution is 5.88. The lowest BCUT2D eigenvalue weighted by atomic mass is 9.53. The summed E-state index contributed by atoms with van der Waals surface area (Å²) in [6, 6.07) is 0. The van der Waals surface area contributed by atoms with Crippen molar-refractivity contribution in [2.45, 2.75) is 69.7 Å². The van der Waals surface area contributed by atoms with Crippen LogP contribution in [0.25, 0.3) is 0 Å². The summed E-state index contributed by atoms with van der Waals surface area (Å²) in [5.74, 6) is -1.17. The Morgan fingerprint density at radius 1 is 1.00 bits per heavy atom. The van der Waals surface area contributed by atoms with Crippen LogP contribution in [0.15, 0.2) is 0 Å². The molecule has 1 amide bonds. The summed E-state index contributed by atoms with van der Waals surface area (Å²) >= 11 is 0. The van der Waals surface area contributed by atoms with Gasteiger partial charge in [-0.2, -0.15) is 13.2 Å². The van der Waals surface area contributed by atoms with Crippen LogP contribution in [0, 0.1) is 17.8 Å². The second-order valence-electron chi connectivity index (χ2n) is 8.05. The molecule has 4 fully saturated rings. The van der Waals surface area contributed by atoms with Crippen molar-refractivity contribution in [1.82, 2.24) is 5.32 Å². The first kappa shape index (κ1) is 16.6. The van der Waals surface area contributed by atoms with Gasteiger partial charge in [0.1, 0.15) is 0 Å². The number of carbonyl (C=O) groups is 2. The highest BCUT2D eigenvalue weighted by atomic mass is 19.4. The number of alkyl halides is 3. The molecule has 4 saturated carbocycles. The first-order valence-corrected chi connectivity index (χ1v) is 8.12. The Kier molecular flexibility index (Phi) is 3.69. The van der Waals surface area contributed by atoms with Crippen LogP contribution >= 0.6 is 0 Å². The lowest BCUT2D eigenvalue weighted by molar-refractivity contribution is -0.212. The first-order valence-electron chi connectivity index (χ1n) is 8.12. The van der Waals surface area contributed by atoms with E-state index in [-0.39, 0.29) is 5.54 Å². The Morgan fingerprint density at radius 2 is 1.43 bits per heavy atom. The summed E-state index contributed by atoms with van der Waals surface area (Å²) in [7, 11) is 0. The van der Waals surface area contributed by atoms with Gasteiger partial charge < -0.3 is 10.1 Å². The van der Waals surface area contributed by atoms with Crippen molar-refractivity contribution in [3.8, 4) is 0 Å². The molecule has 4 aliphatic carbocycles. The second-order valence-corrected chi connectivity index (χ2v) is 8.05. The molecule has 0 aliphatic heterocycles. The average molecular weight is 333 g/mol. The monoisotopic (exact) mass is 333 g/mol. The third kappa shape index (κ3) is 3.19. The quantitative estimate of drug-likeness (QED) is 0.808. The predicted octanol–water partition coefficient (Wildman–Crippen LogP) is 2.96. The fraction of sp³-hybridized carbons (Fsp3) is 0.875. The van der Waals surface area contributed by atoms with Crippen molar-refractivity contribution in [3.05, 3.63) is 0 Å². The van der Waals surface area contributed by atoms with Crippen molar-refractivity contribution in [3.63, 3.8) is 0 Å². The van der Waals surface area contributed by atoms with E-state index >= 15 is 0 Å². The van der Waals surface area contributed by atoms with Gasteiger partial charge in [-0.1, -0.05) is 0 Å². The Labute approximate surface area is 133 Å². The molecule has 0 heterocycles. The smallest absolute Gasteiger partial charge is 0.443 e. The van der Waals surface area contributed by atoms with Gasteiger partial charge >= 0.3 is 12.1 Å². The summed E-state index contributed by atoms with van der Waals surface area (Å²) in [6.45, 7) is 2.40. The van der Waals surface area contributed by atoms with E-state index in [4.69, 9.17) is 0 Å². The molecule has 4 bridgehead atoms. The van der Waals surface area contributed by atoms with E-state index in [9.17, 15) is 22.8 Å². The molecular formula is C16H22F3NO3. The minimum Gasteiger partial charge on any atom is -0.443 e. The summed E-state index contributed by atoms with van der Waals surface area (Å²) in [5.41, 5.74) is -2.16. The average Bonchev–Trinajstić information content (AvgIpc) is 2.34. The Balaban J connectivity index is 1.68. The molecule has 23 heavy (non-hydrogen) atoms. The van der Waals surface area contributed by atoms with Crippen molar-refractivity contribution < 1.29 is 27.5 Å². The van der Waals surface area contributed by atoms with E-state index in [1.807, 2.05) is 0 Å². The minimum absolute atomic E-state index is 0.326. The van der Waals surface area contributed by atoms with Crippen molar-refractivity contribution in [2.24, 2.45) is 17.8 Å². The molecule has 130 valence electrons. The van der Waals surface area contributed by atoms with E-state index in [2.05, 4.69) is 10.1 Å². The largest absolute Gasteiger partial charge is 0.490 e. The number of rotatable bonds is 3. The lowest BCUT2D eigenvalue weighted by Crippen LogP contribution is -2.63. The zero-order valence-electron chi connectivity index (χ0n) is 13.3. The number of amides is 1. The Hall–Kier alpha value is -1.27. The Morgan fingerprint density at radius 3 is 1.83 bits per heavy atom. The van der Waals surface area contributed by atoms with Crippen LogP contribution < -0.4 is 5.32 Å². The number of esters is 1. The maximum absolute atomic E-state index is 12.5. The third-order valence-electron chi connectivity index (χ3n) is 5.54. The van der Waals surface area contributed by atoms with Gasteiger partial charge in [-0.3, -0.25) is 4.79 Å². The third-order valence-corrected chi connectivity index (χ3v) is 5.54. The molecule has 4 rings (SSSR count). The molecule has 0 radical (unpaired) electrons. The molecule has 1 N–H and O–H groups in total. The summed E-state index contributed by atoms with van der Waals surface area (Å²) in [4.78, 5) is 23.5. The van der Waals surface area contributed by atoms with Crippen LogP contribution in [0.1, 0.15) is 52.4 Å². The number of halogens is 3. The minimum atomic E-state index is -5.10. The number of hydrogen-bond acceptors (Lipinski definition) is 3. The molecule has 0 aromatic rings. The molecule has 0 atom stereocenters. The molecule has 0 aromatic heterocycles. The standard InChI is InChI=1S/C16H22F3NO3/c1-14(2,23-13(22)16(17,18)19)12(21)20-15-6-9-3-10(7-15)5-11(4-9)8-15/h9-11H,3-8H2,1-2H3,(H,20,21). The zero-order valence-corrected chi connectivity index (χ0v) is 13.3. The lowest BCUT2D eigenvalue weighted by Gasteiger charge is -2.57. The topological polar surface area (TPSA) is 55.4 Å². The zero-order chi connectivity index (χ0) is 17.0. The van der Waals surface area contributed by atoms with Crippen molar-refractivity contribution in [2.75, 3.05) is 0 Å². The number of carbonyl (C=O) groups excluding carboxylic acids is 2. The van der Waals surface area contributed by atoms with Crippen LogP contribution in [0.3, 0.4) is 0 Å². The van der Waals surface area contributed by atoms with Crippen LogP contribution in [-0.4, -0.2) is 29.2 Å². The van der Waals surface area contributed by atoms with Gasteiger partial charge in [-0.15, -0.1) is 0 Å². The number of nitrogens with one attached hydrogen (secondary N) is 1. The van der Waals surface area contributed by atoms with Crippen LogP contribution in [0.2, 0.25) is 0 Å². The molecule has 0 saturated heterocycles. The highest BCUT2D eigenvalue weighted by Crippen LogP contribution is 2.55. The van der Waals surface area contributed by atoms with E-state index in [1.165, 1.54) is 33.1 Å². The number of ether oxygens (including phenoxy) is 1. The van der Waals surface area contributed by atoms with E-state index in [0.29, 0.717) is 17.8 Å². The molecule has 4 aliphatic rings. The van der Waals surface area contributed by atoms with Crippen LogP contribution in [-0.2, 0) is 14.3 Å². The summed E-state index contributed by atoms with van der Waals surface area (Å²) in [5, 5.41) is 2.94. The van der Waals surface area contributed by atoms with Gasteiger partial charge in [0, 0.05) is 5.54 Å². The molecule has 4 nitrogen and oxygen atoms in total. The molecule has 7 heteroatoms. The highest BCUT2D eigenvalue weighted by Gasteiger charge is 2.53. The SMILES string of the molecule is CC(C)(OC(=O)C(F)(F)F)C(=O)NC12CC3CC(CC(C3)C1)C2. The molecular weight excluding hydrogens is 311 g/mol. The van der Waals surface area contributed by atoms with Gasteiger partial charge in [-0.05, 0) is 70.1 Å². The van der Waals surface area contributed by atoms with Gasteiger partial charge in [0.2, 0.25) is 0 Å². The van der Waals surface area contributed by atoms with Crippen molar-refractivity contribution in [1.29, 1.82) is 0 Å². The van der Waals surface area contributed by atoms with Gasteiger partial charge in [-0.25, -0.2) is 4.79 Å². The predicted molar refractivity (Wildman–Crippen MR) is 75.3 cm³/mol. The maximum Gasteiger partial charge on any atom is 0.490 e. The molecule has 0 aromatic carbocycles. The molecule has 0 unspecified atom stereocenters. The van der Waals surface area contributed by atoms with E-state index in [1.54, 1.807) is 0 Å². The normalized spacial score (nSPS) is 36.0. The van der Waals surface area contributed by atoms with Crippen molar-refractivity contribution >= 4 is 11.9 Å². The van der Waals surface area contributed by atoms with E-state index in [0.717, 1.165) is 19.3 Å². The van der Waals surface area contributed by atoms with Crippen LogP contribution in [0.4, 0.5) is 13.2 Å².